The summed E-state index contributed by atoms with van der Waals surface area (Å²) in [5, 5.41) is 20.7. The second kappa shape index (κ2) is 11.0. The lowest BCUT2D eigenvalue weighted by Crippen LogP contribution is -2.31. The van der Waals surface area contributed by atoms with Gasteiger partial charge in [0.2, 0.25) is 10.9 Å². The van der Waals surface area contributed by atoms with Gasteiger partial charge < -0.3 is 5.11 Å². The average molecular weight is 581 g/mol. The highest BCUT2D eigenvalue weighted by Gasteiger charge is 2.46. The lowest BCUT2D eigenvalue weighted by Gasteiger charge is -2.24. The molecule has 194 valence electrons. The van der Waals surface area contributed by atoms with Crippen LogP contribution in [0.2, 0.25) is 0 Å². The van der Waals surface area contributed by atoms with E-state index >= 15 is 0 Å². The van der Waals surface area contributed by atoms with Crippen molar-refractivity contribution in [2.45, 2.75) is 41.8 Å². The molecule has 2 aromatic carbocycles. The number of amides is 1. The zero-order valence-corrected chi connectivity index (χ0v) is 24.4. The van der Waals surface area contributed by atoms with Gasteiger partial charge in [0.25, 0.3) is 5.91 Å². The van der Waals surface area contributed by atoms with E-state index in [2.05, 4.69) is 39.4 Å². The third kappa shape index (κ3) is 5.15. The Morgan fingerprint density at radius 3 is 2.37 bits per heavy atom. The van der Waals surface area contributed by atoms with E-state index in [1.807, 2.05) is 44.4 Å². The Balaban J connectivity index is 1.50. The quantitative estimate of drug-likeness (QED) is 0.139. The molecule has 0 bridgehead atoms. The minimum Gasteiger partial charge on any atom is -0.503 e. The Kier molecular flexibility index (Phi) is 7.71. The summed E-state index contributed by atoms with van der Waals surface area (Å²) in [6.45, 7) is 5.63. The number of nitrogens with zero attached hydrogens (tertiary/aromatic N) is 4. The first kappa shape index (κ1) is 26.6. The van der Waals surface area contributed by atoms with E-state index in [1.165, 1.54) is 44.9 Å². The maximum Gasteiger partial charge on any atom is 0.296 e. The Labute approximate surface area is 237 Å². The van der Waals surface area contributed by atoms with E-state index in [0.717, 1.165) is 15.5 Å². The first-order valence-corrected chi connectivity index (χ1v) is 15.5. The van der Waals surface area contributed by atoms with Crippen LogP contribution >= 0.6 is 46.2 Å². The third-order valence-corrected chi connectivity index (χ3v) is 10.0. The molecule has 5 rings (SSSR count). The molecule has 1 amide bonds. The van der Waals surface area contributed by atoms with Gasteiger partial charge in [-0.15, -0.1) is 33.3 Å². The molecule has 11 heteroatoms. The predicted octanol–water partition coefficient (Wildman–Crippen LogP) is 6.72. The highest BCUT2D eigenvalue weighted by Crippen LogP contribution is 2.44. The van der Waals surface area contributed by atoms with Crippen LogP contribution in [0.15, 0.2) is 69.1 Å². The molecule has 7 nitrogen and oxygen atoms in total. The number of carbonyl (C=O) groups excluding carboxylic acids is 2. The van der Waals surface area contributed by atoms with Gasteiger partial charge in [0, 0.05) is 10.6 Å². The number of thioether (sulfide) groups is 2. The fraction of sp³-hybridized carbons (Fsp3) is 0.222. The predicted molar refractivity (Wildman–Crippen MR) is 155 cm³/mol. The van der Waals surface area contributed by atoms with Gasteiger partial charge in [-0.1, -0.05) is 65.1 Å². The molecule has 0 saturated heterocycles. The molecule has 1 atom stereocenters. The zero-order chi connectivity index (χ0) is 27.0. The molecule has 0 saturated carbocycles. The van der Waals surface area contributed by atoms with Crippen LogP contribution in [0.1, 0.15) is 43.1 Å². The topological polar surface area (TPSA) is 96.3 Å². The molecule has 1 aliphatic heterocycles. The average Bonchev–Trinajstić information content (AvgIpc) is 3.59. The number of aliphatic hydroxyl groups is 1. The second-order valence-electron chi connectivity index (χ2n) is 8.71. The highest BCUT2D eigenvalue weighted by atomic mass is 32.2. The van der Waals surface area contributed by atoms with Crippen molar-refractivity contribution in [2.24, 2.45) is 0 Å². The molecule has 38 heavy (non-hydrogen) atoms. The van der Waals surface area contributed by atoms with Gasteiger partial charge in [-0.25, -0.2) is 4.98 Å². The van der Waals surface area contributed by atoms with Crippen molar-refractivity contribution >= 4 is 63.0 Å². The van der Waals surface area contributed by atoms with Crippen LogP contribution < -0.4 is 4.90 Å². The van der Waals surface area contributed by atoms with Crippen molar-refractivity contribution in [2.75, 3.05) is 11.2 Å². The number of carbonyl (C=O) groups is 2. The summed E-state index contributed by atoms with van der Waals surface area (Å²) in [6.07, 6.45) is 1.98. The second-order valence-corrected chi connectivity index (χ2v) is 13.0. The van der Waals surface area contributed by atoms with Gasteiger partial charge in [0.05, 0.1) is 27.2 Å². The van der Waals surface area contributed by atoms with Crippen molar-refractivity contribution in [3.8, 4) is 0 Å². The number of Topliss-reactive ketones (excluding diaryl/α,β-unsaturated/α-hetero) is 1. The number of hydrogen-bond acceptors (Lipinski definition) is 10. The highest BCUT2D eigenvalue weighted by molar-refractivity contribution is 8.00. The summed E-state index contributed by atoms with van der Waals surface area (Å²) >= 11 is 5.64. The van der Waals surface area contributed by atoms with Crippen molar-refractivity contribution < 1.29 is 14.7 Å². The molecule has 2 aromatic heterocycles. The molecule has 3 heterocycles. The maximum atomic E-state index is 13.7. The Hall–Kier alpha value is -2.99. The third-order valence-electron chi connectivity index (χ3n) is 6.08. The summed E-state index contributed by atoms with van der Waals surface area (Å²) in [7, 11) is 0. The van der Waals surface area contributed by atoms with E-state index in [-0.39, 0.29) is 5.57 Å². The van der Waals surface area contributed by atoms with Crippen LogP contribution in [-0.4, -0.2) is 38.2 Å². The molecule has 1 N–H and O–H groups in total. The van der Waals surface area contributed by atoms with Crippen LogP contribution in [0.25, 0.3) is 0 Å². The number of benzene rings is 2. The number of rotatable bonds is 8. The monoisotopic (exact) mass is 580 g/mol. The smallest absolute Gasteiger partial charge is 0.296 e. The molecule has 0 aliphatic carbocycles. The van der Waals surface area contributed by atoms with E-state index in [0.29, 0.717) is 31.4 Å². The number of hydrogen-bond donors (Lipinski definition) is 1. The molecule has 1 unspecified atom stereocenters. The summed E-state index contributed by atoms with van der Waals surface area (Å²) in [6, 6.07) is 15.1. The van der Waals surface area contributed by atoms with Crippen LogP contribution in [0.5, 0.6) is 0 Å². The van der Waals surface area contributed by atoms with Crippen LogP contribution in [0, 0.1) is 20.8 Å². The summed E-state index contributed by atoms with van der Waals surface area (Å²) < 4.78 is 0.693. The normalized spacial score (nSPS) is 15.5. The van der Waals surface area contributed by atoms with Gasteiger partial charge >= 0.3 is 0 Å². The van der Waals surface area contributed by atoms with Gasteiger partial charge in [-0.2, -0.15) is 0 Å². The molecule has 1 aliphatic rings. The fourth-order valence-corrected chi connectivity index (χ4v) is 7.29. The fourth-order valence-electron chi connectivity index (χ4n) is 4.19. The minimum atomic E-state index is -0.837. The Morgan fingerprint density at radius 2 is 1.74 bits per heavy atom. The summed E-state index contributed by atoms with van der Waals surface area (Å²) in [5.41, 5.74) is 3.66. The van der Waals surface area contributed by atoms with Crippen molar-refractivity contribution in [3.63, 3.8) is 0 Å². The number of aryl methyl sites for hydroxylation is 3. The molecule has 0 radical (unpaired) electrons. The van der Waals surface area contributed by atoms with Gasteiger partial charge in [0.15, 0.2) is 10.1 Å². The SMILES string of the molecule is CSc1ccc(C2C(C(=O)c3sc(C)nc3C)=C(O)C(=O)N2c2nnc(SCc3ccc(C)cc3)s2)cc1. The number of aliphatic hydroxyl groups excluding tert-OH is 1. The van der Waals surface area contributed by atoms with Gasteiger partial charge in [-0.3, -0.25) is 14.5 Å². The zero-order valence-electron chi connectivity index (χ0n) is 21.1. The number of aromatic nitrogens is 3. The molecule has 0 fully saturated rings. The largest absolute Gasteiger partial charge is 0.503 e. The van der Waals surface area contributed by atoms with Crippen LogP contribution in [0.3, 0.4) is 0 Å². The van der Waals surface area contributed by atoms with Gasteiger partial charge in [0.1, 0.15) is 0 Å². The van der Waals surface area contributed by atoms with E-state index in [4.69, 9.17) is 0 Å². The van der Waals surface area contributed by atoms with Crippen LogP contribution in [-0.2, 0) is 10.5 Å². The summed E-state index contributed by atoms with van der Waals surface area (Å²) in [4.78, 5) is 34.4. The molecular weight excluding hydrogens is 557 g/mol. The van der Waals surface area contributed by atoms with E-state index < -0.39 is 23.5 Å². The lowest BCUT2D eigenvalue weighted by molar-refractivity contribution is -0.117. The Morgan fingerprint density at radius 1 is 1.03 bits per heavy atom. The summed E-state index contributed by atoms with van der Waals surface area (Å²) in [5.74, 6) is -0.931. The minimum absolute atomic E-state index is 0.0303. The van der Waals surface area contributed by atoms with Crippen LogP contribution in [0.4, 0.5) is 5.13 Å². The number of ketones is 1. The van der Waals surface area contributed by atoms with Crippen molar-refractivity contribution in [1.29, 1.82) is 0 Å². The molecule has 4 aromatic rings. The van der Waals surface area contributed by atoms with E-state index in [1.54, 1.807) is 18.7 Å². The lowest BCUT2D eigenvalue weighted by atomic mass is 9.95. The first-order chi connectivity index (χ1) is 18.3. The van der Waals surface area contributed by atoms with E-state index in [9.17, 15) is 14.7 Å². The van der Waals surface area contributed by atoms with Crippen molar-refractivity contribution in [1.82, 2.24) is 15.2 Å². The molecule has 0 spiro atoms. The number of thiazole rings is 1. The maximum absolute atomic E-state index is 13.7. The van der Waals surface area contributed by atoms with Crippen molar-refractivity contribution in [3.05, 3.63) is 92.1 Å². The molecular formula is C27H24N4O3S4. The Bertz CT molecular complexity index is 1540. The standard InChI is InChI=1S/C27H24N4O3S4/c1-14-5-7-17(8-6-14)13-36-27-30-29-26(38-27)31-21(18-9-11-19(35-4)12-10-18)20(23(33)25(31)34)22(32)24-15(2)28-16(3)37-24/h5-12,21,33H,13H2,1-4H3. The number of anilines is 1. The van der Waals surface area contributed by atoms with Gasteiger partial charge in [-0.05, 0) is 50.3 Å². The first-order valence-electron chi connectivity index (χ1n) is 11.7.